The van der Waals surface area contributed by atoms with E-state index in [9.17, 15) is 19.8 Å². The smallest absolute Gasteiger partial charge is 0.221 e. The quantitative estimate of drug-likeness (QED) is 0.612. The van der Waals surface area contributed by atoms with Crippen LogP contribution in [0.2, 0.25) is 0 Å². The summed E-state index contributed by atoms with van der Waals surface area (Å²) in [5, 5.41) is 25.0. The van der Waals surface area contributed by atoms with Crippen LogP contribution in [0.25, 0.3) is 0 Å². The average Bonchev–Trinajstić information content (AvgIpc) is 2.37. The molecule has 4 N–H and O–H groups in total. The second-order valence-corrected chi connectivity index (χ2v) is 4.59. The Balaban J connectivity index is 2.55. The number of hydrogen-bond acceptors (Lipinski definition) is 4. The number of nitrogens with one attached hydrogen (secondary N) is 2. The van der Waals surface area contributed by atoms with E-state index in [0.717, 1.165) is 0 Å². The molecule has 0 saturated carbocycles. The Kier molecular flexibility index (Phi) is 6.14. The molecule has 20 heavy (non-hydrogen) atoms. The molecular weight excluding hydrogens is 260 g/mol. The molecule has 0 spiro atoms. The van der Waals surface area contributed by atoms with Crippen molar-refractivity contribution in [3.05, 3.63) is 29.8 Å². The second kappa shape index (κ2) is 7.62. The van der Waals surface area contributed by atoms with E-state index in [2.05, 4.69) is 10.6 Å². The number of aliphatic hydroxyl groups excluding tert-OH is 2. The van der Waals surface area contributed by atoms with Crippen LogP contribution in [0.5, 0.6) is 0 Å². The number of amides is 2. The van der Waals surface area contributed by atoms with E-state index in [4.69, 9.17) is 0 Å². The van der Waals surface area contributed by atoms with Gasteiger partial charge in [0.1, 0.15) is 6.10 Å². The summed E-state index contributed by atoms with van der Waals surface area (Å²) in [6.07, 6.45) is -1.74. The number of carbonyl (C=O) groups is 2. The molecule has 0 radical (unpaired) electrons. The van der Waals surface area contributed by atoms with E-state index < -0.39 is 12.2 Å². The Bertz CT molecular complexity index is 459. The van der Waals surface area contributed by atoms with Crippen molar-refractivity contribution in [2.75, 3.05) is 11.9 Å². The molecule has 0 saturated heterocycles. The molecule has 2 amide bonds. The number of aliphatic hydroxyl groups is 2. The van der Waals surface area contributed by atoms with E-state index in [1.54, 1.807) is 24.3 Å². The maximum absolute atomic E-state index is 10.9. The van der Waals surface area contributed by atoms with Gasteiger partial charge in [-0.05, 0) is 24.1 Å². The first-order valence-electron chi connectivity index (χ1n) is 6.38. The second-order valence-electron chi connectivity index (χ2n) is 4.59. The monoisotopic (exact) mass is 280 g/mol. The Morgan fingerprint density at radius 3 is 2.20 bits per heavy atom. The van der Waals surface area contributed by atoms with Crippen molar-refractivity contribution < 1.29 is 19.8 Å². The molecule has 0 aliphatic heterocycles. The molecule has 0 heterocycles. The van der Waals surface area contributed by atoms with Crippen molar-refractivity contribution >= 4 is 17.5 Å². The predicted octanol–water partition coefficient (Wildman–Crippen LogP) is 0.565. The van der Waals surface area contributed by atoms with Gasteiger partial charge in [-0.1, -0.05) is 12.1 Å². The zero-order valence-electron chi connectivity index (χ0n) is 11.6. The van der Waals surface area contributed by atoms with Crippen molar-refractivity contribution in [1.82, 2.24) is 5.32 Å². The maximum Gasteiger partial charge on any atom is 0.221 e. The van der Waals surface area contributed by atoms with Crippen molar-refractivity contribution in [3.8, 4) is 0 Å². The van der Waals surface area contributed by atoms with Gasteiger partial charge in [0.05, 0.1) is 6.10 Å². The number of hydrogen-bond donors (Lipinski definition) is 4. The molecule has 6 heteroatoms. The fraction of sp³-hybridized carbons (Fsp3) is 0.429. The molecule has 110 valence electrons. The van der Waals surface area contributed by atoms with Crippen LogP contribution in [-0.4, -0.2) is 34.7 Å². The summed E-state index contributed by atoms with van der Waals surface area (Å²) in [5.41, 5.74) is 1.18. The number of benzene rings is 1. The van der Waals surface area contributed by atoms with Crippen molar-refractivity contribution in [2.45, 2.75) is 32.5 Å². The lowest BCUT2D eigenvalue weighted by molar-refractivity contribution is -0.119. The Labute approximate surface area is 117 Å². The molecule has 1 aromatic carbocycles. The van der Waals surface area contributed by atoms with Gasteiger partial charge in [-0.25, -0.2) is 0 Å². The first kappa shape index (κ1) is 16.1. The minimum atomic E-state index is -1.03. The van der Waals surface area contributed by atoms with Gasteiger partial charge in [-0.15, -0.1) is 0 Å². The van der Waals surface area contributed by atoms with E-state index in [1.807, 2.05) is 0 Å². The van der Waals surface area contributed by atoms with Crippen LogP contribution in [-0.2, 0) is 9.59 Å². The summed E-state index contributed by atoms with van der Waals surface area (Å²) in [5.74, 6) is -0.347. The van der Waals surface area contributed by atoms with Crippen LogP contribution < -0.4 is 10.6 Å². The fourth-order valence-corrected chi connectivity index (χ4v) is 1.74. The highest BCUT2D eigenvalue weighted by Gasteiger charge is 2.18. The number of rotatable bonds is 6. The first-order valence-corrected chi connectivity index (χ1v) is 6.38. The van der Waals surface area contributed by atoms with Gasteiger partial charge in [-0.2, -0.15) is 0 Å². The van der Waals surface area contributed by atoms with Gasteiger partial charge in [-0.3, -0.25) is 9.59 Å². The van der Waals surface area contributed by atoms with Gasteiger partial charge in [0.2, 0.25) is 11.8 Å². The number of anilines is 1. The summed E-state index contributed by atoms with van der Waals surface area (Å²) in [6, 6.07) is 6.58. The molecule has 0 aliphatic rings. The van der Waals surface area contributed by atoms with Gasteiger partial charge >= 0.3 is 0 Å². The van der Waals surface area contributed by atoms with Crippen LogP contribution in [0.3, 0.4) is 0 Å². The van der Waals surface area contributed by atoms with Crippen LogP contribution in [0, 0.1) is 0 Å². The van der Waals surface area contributed by atoms with Crippen molar-refractivity contribution in [3.63, 3.8) is 0 Å². The van der Waals surface area contributed by atoms with Gasteiger partial charge in [0, 0.05) is 26.1 Å². The lowest BCUT2D eigenvalue weighted by Gasteiger charge is -2.18. The van der Waals surface area contributed by atoms with Crippen LogP contribution >= 0.6 is 0 Å². The van der Waals surface area contributed by atoms with E-state index in [0.29, 0.717) is 17.8 Å². The fourth-order valence-electron chi connectivity index (χ4n) is 1.74. The molecule has 1 aromatic rings. The number of carbonyl (C=O) groups excluding carboxylic acids is 2. The van der Waals surface area contributed by atoms with Crippen LogP contribution in [0.4, 0.5) is 5.69 Å². The standard InChI is InChI=1S/C14H20N2O4/c1-9(17)15-8-7-13(19)14(20)11-3-5-12(6-4-11)16-10(2)18/h3-6,13-14,19-20H,7-8H2,1-2H3,(H,15,17)(H,16,18). The van der Waals surface area contributed by atoms with Gasteiger partial charge in [0.25, 0.3) is 0 Å². The van der Waals surface area contributed by atoms with Gasteiger partial charge in [0.15, 0.2) is 0 Å². The SMILES string of the molecule is CC(=O)NCCC(O)C(O)c1ccc(NC(C)=O)cc1. The Hall–Kier alpha value is -1.92. The summed E-state index contributed by atoms with van der Waals surface area (Å²) < 4.78 is 0. The van der Waals surface area contributed by atoms with Crippen molar-refractivity contribution in [2.24, 2.45) is 0 Å². The zero-order valence-corrected chi connectivity index (χ0v) is 11.6. The van der Waals surface area contributed by atoms with E-state index in [-0.39, 0.29) is 18.2 Å². The summed E-state index contributed by atoms with van der Waals surface area (Å²) >= 11 is 0. The molecule has 0 aromatic heterocycles. The first-order chi connectivity index (χ1) is 9.40. The highest BCUT2D eigenvalue weighted by molar-refractivity contribution is 5.88. The molecule has 0 bridgehead atoms. The third-order valence-electron chi connectivity index (χ3n) is 2.75. The molecular formula is C14H20N2O4. The lowest BCUT2D eigenvalue weighted by Crippen LogP contribution is -2.27. The minimum Gasteiger partial charge on any atom is -0.390 e. The zero-order chi connectivity index (χ0) is 15.1. The molecule has 1 rings (SSSR count). The summed E-state index contributed by atoms with van der Waals surface area (Å²) in [4.78, 5) is 21.6. The molecule has 2 unspecified atom stereocenters. The Morgan fingerprint density at radius 1 is 1.10 bits per heavy atom. The summed E-state index contributed by atoms with van der Waals surface area (Å²) in [7, 11) is 0. The molecule has 0 fully saturated rings. The average molecular weight is 280 g/mol. The largest absolute Gasteiger partial charge is 0.390 e. The lowest BCUT2D eigenvalue weighted by atomic mass is 10.0. The van der Waals surface area contributed by atoms with Crippen LogP contribution in [0.1, 0.15) is 31.9 Å². The molecule has 2 atom stereocenters. The predicted molar refractivity (Wildman–Crippen MR) is 75.0 cm³/mol. The highest BCUT2D eigenvalue weighted by atomic mass is 16.3. The highest BCUT2D eigenvalue weighted by Crippen LogP contribution is 2.20. The van der Waals surface area contributed by atoms with Crippen molar-refractivity contribution in [1.29, 1.82) is 0 Å². The van der Waals surface area contributed by atoms with E-state index in [1.165, 1.54) is 13.8 Å². The maximum atomic E-state index is 10.9. The minimum absolute atomic E-state index is 0.173. The topological polar surface area (TPSA) is 98.7 Å². The van der Waals surface area contributed by atoms with Gasteiger partial charge < -0.3 is 20.8 Å². The normalized spacial score (nSPS) is 13.4. The third-order valence-corrected chi connectivity index (χ3v) is 2.75. The molecule has 0 aliphatic carbocycles. The third kappa shape index (κ3) is 5.38. The van der Waals surface area contributed by atoms with Crippen LogP contribution in [0.15, 0.2) is 24.3 Å². The molecule has 6 nitrogen and oxygen atoms in total. The Morgan fingerprint density at radius 2 is 1.70 bits per heavy atom. The summed E-state index contributed by atoms with van der Waals surface area (Å²) in [6.45, 7) is 3.11. The van der Waals surface area contributed by atoms with E-state index >= 15 is 0 Å².